The van der Waals surface area contributed by atoms with E-state index in [0.29, 0.717) is 11.1 Å². The van der Waals surface area contributed by atoms with Crippen LogP contribution in [0, 0.1) is 0 Å². The molecule has 0 aliphatic carbocycles. The molecule has 1 aliphatic heterocycles. The van der Waals surface area contributed by atoms with Gasteiger partial charge in [0.15, 0.2) is 18.5 Å². The van der Waals surface area contributed by atoms with E-state index in [0.717, 1.165) is 0 Å². The Morgan fingerprint density at radius 2 is 1.26 bits per heavy atom. The van der Waals surface area contributed by atoms with Crippen LogP contribution in [0.15, 0.2) is 60.7 Å². The van der Waals surface area contributed by atoms with Crippen molar-refractivity contribution in [3.63, 3.8) is 0 Å². The summed E-state index contributed by atoms with van der Waals surface area (Å²) in [5.41, 5.74) is 0.702. The Labute approximate surface area is 181 Å². The van der Waals surface area contributed by atoms with Gasteiger partial charge in [-0.05, 0) is 24.3 Å². The van der Waals surface area contributed by atoms with Crippen molar-refractivity contribution in [1.29, 1.82) is 0 Å². The van der Waals surface area contributed by atoms with Gasteiger partial charge >= 0.3 is 11.9 Å². The van der Waals surface area contributed by atoms with Crippen molar-refractivity contribution < 1.29 is 38.0 Å². The van der Waals surface area contributed by atoms with Crippen molar-refractivity contribution in [1.82, 2.24) is 0 Å². The normalized spacial score (nSPS) is 25.6. The lowest BCUT2D eigenvalue weighted by atomic mass is 9.98. The molecule has 0 bridgehead atoms. The highest BCUT2D eigenvalue weighted by Crippen LogP contribution is 2.30. The second kappa shape index (κ2) is 11.0. The number of ether oxygens (including phenoxy) is 6. The van der Waals surface area contributed by atoms with Crippen LogP contribution < -0.4 is 0 Å². The first-order valence-corrected chi connectivity index (χ1v) is 9.81. The number of esters is 2. The first-order valence-electron chi connectivity index (χ1n) is 9.81. The number of methoxy groups -OCH3 is 3. The fourth-order valence-electron chi connectivity index (χ4n) is 3.44. The third-order valence-corrected chi connectivity index (χ3v) is 4.93. The minimum Gasteiger partial charge on any atom is -0.452 e. The average molecular weight is 430 g/mol. The fourth-order valence-corrected chi connectivity index (χ4v) is 3.44. The van der Waals surface area contributed by atoms with Gasteiger partial charge in [-0.1, -0.05) is 36.4 Å². The molecule has 2 aromatic carbocycles. The van der Waals surface area contributed by atoms with E-state index in [2.05, 4.69) is 0 Å². The van der Waals surface area contributed by atoms with E-state index in [1.807, 2.05) is 0 Å². The van der Waals surface area contributed by atoms with Crippen LogP contribution in [-0.4, -0.2) is 70.6 Å². The lowest BCUT2D eigenvalue weighted by Crippen LogP contribution is -2.62. The standard InChI is InChI=1S/C23H26O8/c1-26-14-17-18(27-2)19(30-21(24)15-10-6-4-7-11-15)20(23(28-3)29-17)31-22(25)16-12-8-5-9-13-16/h4-13,17-20,23H,14H2,1-3H3. The van der Waals surface area contributed by atoms with Crippen molar-refractivity contribution in [3.8, 4) is 0 Å². The summed E-state index contributed by atoms with van der Waals surface area (Å²) >= 11 is 0. The van der Waals surface area contributed by atoms with Crippen molar-refractivity contribution >= 4 is 11.9 Å². The maximum Gasteiger partial charge on any atom is 0.338 e. The molecule has 0 aromatic heterocycles. The predicted molar refractivity (Wildman–Crippen MR) is 110 cm³/mol. The van der Waals surface area contributed by atoms with Gasteiger partial charge in [0.05, 0.1) is 17.7 Å². The average Bonchev–Trinajstić information content (AvgIpc) is 2.81. The van der Waals surface area contributed by atoms with Gasteiger partial charge < -0.3 is 28.4 Å². The molecule has 0 amide bonds. The third-order valence-electron chi connectivity index (χ3n) is 4.93. The summed E-state index contributed by atoms with van der Waals surface area (Å²) in [5.74, 6) is -1.18. The Kier molecular flexibility index (Phi) is 8.13. The van der Waals surface area contributed by atoms with E-state index >= 15 is 0 Å². The SMILES string of the molecule is COCC1OC(OC)C(OC(=O)c2ccccc2)C(OC(=O)c2ccccc2)C1OC. The van der Waals surface area contributed by atoms with Gasteiger partial charge in [-0.3, -0.25) is 0 Å². The summed E-state index contributed by atoms with van der Waals surface area (Å²) in [4.78, 5) is 25.5. The molecule has 166 valence electrons. The minimum atomic E-state index is -1.07. The first-order chi connectivity index (χ1) is 15.1. The molecule has 8 nitrogen and oxygen atoms in total. The second-order valence-electron chi connectivity index (χ2n) is 6.91. The minimum absolute atomic E-state index is 0.164. The highest BCUT2D eigenvalue weighted by atomic mass is 16.7. The predicted octanol–water partition coefficient (Wildman–Crippen LogP) is 2.47. The molecule has 31 heavy (non-hydrogen) atoms. The van der Waals surface area contributed by atoms with Crippen LogP contribution in [0.2, 0.25) is 0 Å². The van der Waals surface area contributed by atoms with Gasteiger partial charge in [0, 0.05) is 21.3 Å². The Hall–Kier alpha value is -2.78. The summed E-state index contributed by atoms with van der Waals surface area (Å²) in [6.45, 7) is 0.164. The monoisotopic (exact) mass is 430 g/mol. The number of benzene rings is 2. The zero-order valence-corrected chi connectivity index (χ0v) is 17.6. The van der Waals surface area contributed by atoms with Gasteiger partial charge in [-0.25, -0.2) is 9.59 Å². The Morgan fingerprint density at radius 3 is 1.71 bits per heavy atom. The highest BCUT2D eigenvalue weighted by Gasteiger charge is 2.51. The molecule has 8 heteroatoms. The van der Waals surface area contributed by atoms with Crippen LogP contribution in [0.5, 0.6) is 0 Å². The van der Waals surface area contributed by atoms with Gasteiger partial charge in [-0.15, -0.1) is 0 Å². The lowest BCUT2D eigenvalue weighted by Gasteiger charge is -2.44. The molecule has 1 fully saturated rings. The first kappa shape index (κ1) is 22.9. The van der Waals surface area contributed by atoms with Gasteiger partial charge in [0.1, 0.15) is 12.2 Å². The molecule has 3 rings (SSSR count). The van der Waals surface area contributed by atoms with Crippen molar-refractivity contribution in [3.05, 3.63) is 71.8 Å². The van der Waals surface area contributed by atoms with Gasteiger partial charge in [0.25, 0.3) is 0 Å². The molecule has 0 spiro atoms. The van der Waals surface area contributed by atoms with E-state index in [1.54, 1.807) is 60.7 Å². The number of carbonyl (C=O) groups is 2. The Bertz CT molecular complexity index is 841. The van der Waals surface area contributed by atoms with Crippen LogP contribution in [0.3, 0.4) is 0 Å². The molecule has 1 saturated heterocycles. The van der Waals surface area contributed by atoms with E-state index in [9.17, 15) is 9.59 Å². The summed E-state index contributed by atoms with van der Waals surface area (Å²) < 4.78 is 33.6. The van der Waals surface area contributed by atoms with Gasteiger partial charge in [0.2, 0.25) is 0 Å². The molecule has 5 atom stereocenters. The van der Waals surface area contributed by atoms with Crippen LogP contribution in [0.4, 0.5) is 0 Å². The molecular formula is C23H26O8. The number of carbonyl (C=O) groups excluding carboxylic acids is 2. The largest absolute Gasteiger partial charge is 0.452 e. The van der Waals surface area contributed by atoms with E-state index in [1.165, 1.54) is 21.3 Å². The van der Waals surface area contributed by atoms with Crippen molar-refractivity contribution in [2.45, 2.75) is 30.7 Å². The molecule has 1 heterocycles. The molecular weight excluding hydrogens is 404 g/mol. The molecule has 0 saturated carbocycles. The number of rotatable bonds is 8. The zero-order valence-electron chi connectivity index (χ0n) is 17.6. The van der Waals surface area contributed by atoms with Gasteiger partial charge in [-0.2, -0.15) is 0 Å². The van der Waals surface area contributed by atoms with Crippen LogP contribution in [0.1, 0.15) is 20.7 Å². The smallest absolute Gasteiger partial charge is 0.338 e. The fraction of sp³-hybridized carbons (Fsp3) is 0.391. The topological polar surface area (TPSA) is 89.5 Å². The van der Waals surface area contributed by atoms with E-state index < -0.39 is 42.6 Å². The maximum atomic E-state index is 12.8. The van der Waals surface area contributed by atoms with E-state index in [-0.39, 0.29) is 6.61 Å². The molecule has 1 aliphatic rings. The summed E-state index contributed by atoms with van der Waals surface area (Å²) in [5, 5.41) is 0. The maximum absolute atomic E-state index is 12.8. The summed E-state index contributed by atoms with van der Waals surface area (Å²) in [7, 11) is 4.40. The quantitative estimate of drug-likeness (QED) is 0.590. The van der Waals surface area contributed by atoms with Crippen molar-refractivity contribution in [2.75, 3.05) is 27.9 Å². The summed E-state index contributed by atoms with van der Waals surface area (Å²) in [6.07, 6.45) is -4.42. The zero-order chi connectivity index (χ0) is 22.2. The van der Waals surface area contributed by atoms with Crippen LogP contribution in [0.25, 0.3) is 0 Å². The van der Waals surface area contributed by atoms with Crippen LogP contribution >= 0.6 is 0 Å². The second-order valence-corrected chi connectivity index (χ2v) is 6.91. The van der Waals surface area contributed by atoms with Crippen LogP contribution in [-0.2, 0) is 28.4 Å². The number of hydrogen-bond acceptors (Lipinski definition) is 8. The van der Waals surface area contributed by atoms with Crippen molar-refractivity contribution in [2.24, 2.45) is 0 Å². The highest BCUT2D eigenvalue weighted by molar-refractivity contribution is 5.90. The summed E-state index contributed by atoms with van der Waals surface area (Å²) in [6, 6.07) is 17.0. The molecule has 0 radical (unpaired) electrons. The lowest BCUT2D eigenvalue weighted by molar-refractivity contribution is -0.297. The molecule has 2 aromatic rings. The Morgan fingerprint density at radius 1 is 0.742 bits per heavy atom. The molecule has 0 N–H and O–H groups in total. The van der Waals surface area contributed by atoms with E-state index in [4.69, 9.17) is 28.4 Å². The Balaban J connectivity index is 1.90. The third kappa shape index (κ3) is 5.48. The molecule has 5 unspecified atom stereocenters. The number of hydrogen-bond donors (Lipinski definition) is 0.